The number of unbranched alkanes of at least 4 members (excludes halogenated alkanes) is 29. The van der Waals surface area contributed by atoms with Crippen LogP contribution in [-0.4, -0.2) is 82.5 Å². The standard InChI is InChI=1S/C18H36O2.C18H38O.C6H15NO3/c1-2-3-4-5-6-7-8-9-10-11-12-13-14-15-16-17-18(19)20;1-2-3-4-5-6-7-8-9-10-11-12-13-14-15-16-17-18-19;8-4-1-7(2-5-9)3-6-10/h2-17H2,1H3,(H,19,20);19H,2-18H2,1H3;8-10H,1-6H2. The highest BCUT2D eigenvalue weighted by molar-refractivity contribution is 5.66. The highest BCUT2D eigenvalue weighted by atomic mass is 16.4. The summed E-state index contributed by atoms with van der Waals surface area (Å²) < 4.78 is 0. The van der Waals surface area contributed by atoms with E-state index in [9.17, 15) is 4.79 Å². The number of aliphatic carboxylic acids is 1. The molecule has 7 heteroatoms. The molecule has 5 N–H and O–H groups in total. The van der Waals surface area contributed by atoms with Crippen molar-refractivity contribution in [3.05, 3.63) is 0 Å². The first-order valence-electron chi connectivity index (χ1n) is 21.4. The maximum Gasteiger partial charge on any atom is 0.303 e. The molecule has 0 bridgehead atoms. The van der Waals surface area contributed by atoms with E-state index in [4.69, 9.17) is 25.5 Å². The van der Waals surface area contributed by atoms with E-state index in [2.05, 4.69) is 13.8 Å². The van der Waals surface area contributed by atoms with E-state index in [-0.39, 0.29) is 19.8 Å². The van der Waals surface area contributed by atoms with Gasteiger partial charge in [0.15, 0.2) is 0 Å². The van der Waals surface area contributed by atoms with E-state index in [1.807, 2.05) is 0 Å². The van der Waals surface area contributed by atoms with Gasteiger partial charge in [-0.15, -0.1) is 0 Å². The van der Waals surface area contributed by atoms with Crippen LogP contribution in [0.4, 0.5) is 0 Å². The van der Waals surface area contributed by atoms with Gasteiger partial charge in [0.05, 0.1) is 19.8 Å². The molecule has 0 heterocycles. The molecule has 0 atom stereocenters. The average Bonchev–Trinajstić information content (AvgIpc) is 3.09. The molecular weight excluding hydrogens is 614 g/mol. The van der Waals surface area contributed by atoms with E-state index in [0.29, 0.717) is 32.7 Å². The molecule has 0 unspecified atom stereocenters. The second-order valence-electron chi connectivity index (χ2n) is 14.1. The molecule has 7 nitrogen and oxygen atoms in total. The van der Waals surface area contributed by atoms with Gasteiger partial charge in [0.25, 0.3) is 0 Å². The van der Waals surface area contributed by atoms with Crippen molar-refractivity contribution in [1.29, 1.82) is 0 Å². The molecule has 0 aromatic carbocycles. The highest BCUT2D eigenvalue weighted by Crippen LogP contribution is 2.15. The van der Waals surface area contributed by atoms with E-state index < -0.39 is 5.97 Å². The molecule has 298 valence electrons. The number of carbonyl (C=O) groups is 1. The zero-order valence-electron chi connectivity index (χ0n) is 33.2. The Kier molecular flexibility index (Phi) is 55.5. The van der Waals surface area contributed by atoms with Crippen LogP contribution in [0.2, 0.25) is 0 Å². The third kappa shape index (κ3) is 56.9. The smallest absolute Gasteiger partial charge is 0.303 e. The van der Waals surface area contributed by atoms with Gasteiger partial charge >= 0.3 is 5.97 Å². The molecule has 0 aliphatic rings. The minimum atomic E-state index is -0.653. The molecule has 0 spiro atoms. The monoisotopic (exact) mass is 704 g/mol. The molecule has 0 radical (unpaired) electrons. The average molecular weight is 704 g/mol. The van der Waals surface area contributed by atoms with Crippen molar-refractivity contribution in [3.8, 4) is 0 Å². The normalized spacial score (nSPS) is 10.9. The summed E-state index contributed by atoms with van der Waals surface area (Å²) in [6, 6.07) is 0. The Morgan fingerprint density at radius 2 is 0.571 bits per heavy atom. The number of hydrogen-bond acceptors (Lipinski definition) is 6. The van der Waals surface area contributed by atoms with Crippen molar-refractivity contribution in [3.63, 3.8) is 0 Å². The molecule has 0 aliphatic carbocycles. The summed E-state index contributed by atoms with van der Waals surface area (Å²) in [4.78, 5) is 12.1. The molecule has 0 saturated heterocycles. The van der Waals surface area contributed by atoms with Crippen LogP contribution >= 0.6 is 0 Å². The topological polar surface area (TPSA) is 121 Å². The number of carboxylic acids is 1. The Morgan fingerprint density at radius 1 is 0.347 bits per heavy atom. The van der Waals surface area contributed by atoms with E-state index in [0.717, 1.165) is 19.3 Å². The van der Waals surface area contributed by atoms with Gasteiger partial charge in [-0.2, -0.15) is 0 Å². The van der Waals surface area contributed by atoms with Gasteiger partial charge in [0.1, 0.15) is 0 Å². The van der Waals surface area contributed by atoms with E-state index >= 15 is 0 Å². The van der Waals surface area contributed by atoms with Crippen molar-refractivity contribution >= 4 is 5.97 Å². The summed E-state index contributed by atoms with van der Waals surface area (Å²) in [6.45, 7) is 6.68. The molecule has 0 rings (SSSR count). The zero-order valence-corrected chi connectivity index (χ0v) is 33.2. The number of aliphatic hydroxyl groups is 4. The number of aliphatic hydroxyl groups excluding tert-OH is 4. The first-order chi connectivity index (χ1) is 24.0. The molecule has 0 aromatic heterocycles. The van der Waals surface area contributed by atoms with Crippen LogP contribution in [0.25, 0.3) is 0 Å². The molecule has 0 aromatic rings. The van der Waals surface area contributed by atoms with Crippen LogP contribution in [0.5, 0.6) is 0 Å². The Morgan fingerprint density at radius 3 is 0.776 bits per heavy atom. The second kappa shape index (κ2) is 51.6. The Hall–Kier alpha value is -0.730. The lowest BCUT2D eigenvalue weighted by Crippen LogP contribution is -2.32. The highest BCUT2D eigenvalue weighted by Gasteiger charge is 2.00. The van der Waals surface area contributed by atoms with Gasteiger partial charge in [0.2, 0.25) is 0 Å². The van der Waals surface area contributed by atoms with Gasteiger partial charge in [-0.1, -0.05) is 200 Å². The number of hydrogen-bond donors (Lipinski definition) is 5. The minimum absolute atomic E-state index is 0.0694. The summed E-state index contributed by atoms with van der Waals surface area (Å²) in [7, 11) is 0. The van der Waals surface area contributed by atoms with Gasteiger partial charge in [0, 0.05) is 32.7 Å². The molecule has 0 saturated carbocycles. The van der Waals surface area contributed by atoms with Gasteiger partial charge < -0.3 is 25.5 Å². The maximum absolute atomic E-state index is 10.3. The summed E-state index contributed by atoms with van der Waals surface area (Å²) in [5.74, 6) is -0.653. The number of nitrogens with zero attached hydrogens (tertiary/aromatic N) is 1. The van der Waals surface area contributed by atoms with E-state index in [1.54, 1.807) is 4.90 Å². The van der Waals surface area contributed by atoms with Crippen molar-refractivity contribution in [1.82, 2.24) is 4.90 Å². The fourth-order valence-corrected chi connectivity index (χ4v) is 6.07. The lowest BCUT2D eigenvalue weighted by Gasteiger charge is -2.17. The summed E-state index contributed by atoms with van der Waals surface area (Å²) in [6.07, 6.45) is 42.4. The third-order valence-electron chi connectivity index (χ3n) is 9.25. The number of rotatable bonds is 38. The number of carboxylic acid groups (broad SMARTS) is 1. The fraction of sp³-hybridized carbons (Fsp3) is 0.976. The van der Waals surface area contributed by atoms with Gasteiger partial charge in [-0.3, -0.25) is 9.69 Å². The van der Waals surface area contributed by atoms with Gasteiger partial charge in [-0.05, 0) is 12.8 Å². The van der Waals surface area contributed by atoms with Crippen LogP contribution in [0.3, 0.4) is 0 Å². The maximum atomic E-state index is 10.3. The Labute approximate surface area is 306 Å². The second-order valence-corrected chi connectivity index (χ2v) is 14.1. The summed E-state index contributed by atoms with van der Waals surface area (Å²) in [5, 5.41) is 42.6. The van der Waals surface area contributed by atoms with Crippen molar-refractivity contribution in [2.45, 2.75) is 219 Å². The van der Waals surface area contributed by atoms with E-state index in [1.165, 1.54) is 180 Å². The molecule has 0 aliphatic heterocycles. The van der Waals surface area contributed by atoms with Crippen molar-refractivity contribution in [2.75, 3.05) is 46.1 Å². The Balaban J connectivity index is -0.000000684. The van der Waals surface area contributed by atoms with Gasteiger partial charge in [-0.25, -0.2) is 0 Å². The molecule has 49 heavy (non-hydrogen) atoms. The summed E-state index contributed by atoms with van der Waals surface area (Å²) >= 11 is 0. The quantitative estimate of drug-likeness (QED) is 0.0406. The van der Waals surface area contributed by atoms with Crippen molar-refractivity contribution < 1.29 is 30.3 Å². The fourth-order valence-electron chi connectivity index (χ4n) is 6.07. The largest absolute Gasteiger partial charge is 0.481 e. The SMILES string of the molecule is CCCCCCCCCCCCCCCCCC(=O)O.CCCCCCCCCCCCCCCCCCO.OCCN(CCO)CCO. The zero-order chi connectivity index (χ0) is 36.7. The lowest BCUT2D eigenvalue weighted by molar-refractivity contribution is -0.137. The van der Waals surface area contributed by atoms with Crippen LogP contribution < -0.4 is 0 Å². The van der Waals surface area contributed by atoms with Crippen LogP contribution in [0, 0.1) is 0 Å². The predicted octanol–water partition coefficient (Wildman–Crippen LogP) is 10.8. The first kappa shape index (κ1) is 52.6. The molecular formula is C42H89NO6. The molecule has 0 amide bonds. The molecule has 0 fully saturated rings. The van der Waals surface area contributed by atoms with Crippen molar-refractivity contribution in [2.24, 2.45) is 0 Å². The van der Waals surface area contributed by atoms with Crippen LogP contribution in [-0.2, 0) is 4.79 Å². The summed E-state index contributed by atoms with van der Waals surface area (Å²) in [5.41, 5.74) is 0. The first-order valence-corrected chi connectivity index (χ1v) is 21.4. The Bertz CT molecular complexity index is 535. The van der Waals surface area contributed by atoms with Crippen LogP contribution in [0.15, 0.2) is 0 Å². The lowest BCUT2D eigenvalue weighted by atomic mass is 10.0. The predicted molar refractivity (Wildman–Crippen MR) is 212 cm³/mol. The van der Waals surface area contributed by atoms with Crippen LogP contribution in [0.1, 0.15) is 219 Å². The minimum Gasteiger partial charge on any atom is -0.481 e. The third-order valence-corrected chi connectivity index (χ3v) is 9.25.